The predicted molar refractivity (Wildman–Crippen MR) is 77.1 cm³/mol. The second kappa shape index (κ2) is 5.82. The highest BCUT2D eigenvalue weighted by atomic mass is 16.4. The Morgan fingerprint density at radius 1 is 1.05 bits per heavy atom. The van der Waals surface area contributed by atoms with E-state index >= 15 is 0 Å². The molecule has 2 rings (SSSR count). The Bertz CT molecular complexity index is 321. The third-order valence-corrected chi connectivity index (χ3v) is 5.25. The summed E-state index contributed by atoms with van der Waals surface area (Å²) in [5.41, 5.74) is 0.387. The molecule has 1 saturated carbocycles. The molecular weight excluding hydrogens is 238 g/mol. The number of carboxylic acid groups (broad SMARTS) is 1. The van der Waals surface area contributed by atoms with Gasteiger partial charge in [0, 0.05) is 6.04 Å². The third kappa shape index (κ3) is 3.50. The first-order valence-electron chi connectivity index (χ1n) is 7.86. The number of likely N-dealkylation sites (tertiary alicyclic amines) is 1. The van der Waals surface area contributed by atoms with Gasteiger partial charge in [-0.2, -0.15) is 0 Å². The Balaban J connectivity index is 1.97. The van der Waals surface area contributed by atoms with Gasteiger partial charge in [-0.15, -0.1) is 0 Å². The molecule has 3 unspecified atom stereocenters. The van der Waals surface area contributed by atoms with Crippen LogP contribution in [-0.4, -0.2) is 35.1 Å². The molecule has 3 nitrogen and oxygen atoms in total. The van der Waals surface area contributed by atoms with E-state index in [0.29, 0.717) is 11.5 Å². The average molecular weight is 267 g/mol. The normalized spacial score (nSPS) is 34.2. The molecule has 3 heteroatoms. The number of rotatable bonds is 2. The molecule has 0 radical (unpaired) electrons. The van der Waals surface area contributed by atoms with Crippen LogP contribution in [0.5, 0.6) is 0 Å². The molecule has 1 aliphatic heterocycles. The maximum absolute atomic E-state index is 11.3. The highest BCUT2D eigenvalue weighted by Crippen LogP contribution is 2.37. The molecule has 1 saturated heterocycles. The fourth-order valence-electron chi connectivity index (χ4n) is 3.98. The minimum absolute atomic E-state index is 0.119. The molecule has 1 aliphatic carbocycles. The summed E-state index contributed by atoms with van der Waals surface area (Å²) >= 11 is 0. The molecule has 3 atom stereocenters. The molecule has 0 bridgehead atoms. The van der Waals surface area contributed by atoms with Crippen molar-refractivity contribution in [2.45, 2.75) is 65.3 Å². The van der Waals surface area contributed by atoms with Crippen LogP contribution in [0.1, 0.15) is 59.3 Å². The van der Waals surface area contributed by atoms with E-state index < -0.39 is 5.97 Å². The van der Waals surface area contributed by atoms with Crippen molar-refractivity contribution in [3.05, 3.63) is 0 Å². The van der Waals surface area contributed by atoms with Gasteiger partial charge in [-0.25, -0.2) is 0 Å². The van der Waals surface area contributed by atoms with Crippen LogP contribution in [0.15, 0.2) is 0 Å². The second-order valence-corrected chi connectivity index (χ2v) is 7.47. The van der Waals surface area contributed by atoms with E-state index in [0.717, 1.165) is 38.3 Å². The molecule has 2 fully saturated rings. The molecule has 0 amide bonds. The van der Waals surface area contributed by atoms with Crippen LogP contribution in [0.2, 0.25) is 0 Å². The molecule has 0 aromatic heterocycles. The second-order valence-electron chi connectivity index (χ2n) is 7.47. The van der Waals surface area contributed by atoms with E-state index in [4.69, 9.17) is 0 Å². The molecule has 110 valence electrons. The molecular formula is C16H29NO2. The van der Waals surface area contributed by atoms with Gasteiger partial charge in [-0.1, -0.05) is 27.2 Å². The Morgan fingerprint density at radius 3 is 2.42 bits per heavy atom. The maximum Gasteiger partial charge on any atom is 0.308 e. The van der Waals surface area contributed by atoms with Crippen molar-refractivity contribution in [3.8, 4) is 0 Å². The molecule has 1 N–H and O–H groups in total. The van der Waals surface area contributed by atoms with Crippen LogP contribution in [0.3, 0.4) is 0 Å². The summed E-state index contributed by atoms with van der Waals surface area (Å²) in [4.78, 5) is 13.8. The van der Waals surface area contributed by atoms with Gasteiger partial charge in [0.25, 0.3) is 0 Å². The minimum Gasteiger partial charge on any atom is -0.481 e. The molecule has 0 aromatic carbocycles. The third-order valence-electron chi connectivity index (χ3n) is 5.25. The number of aliphatic carboxylic acids is 1. The van der Waals surface area contributed by atoms with Crippen LogP contribution >= 0.6 is 0 Å². The topological polar surface area (TPSA) is 40.5 Å². The number of hydrogen-bond acceptors (Lipinski definition) is 2. The van der Waals surface area contributed by atoms with Gasteiger partial charge in [0.05, 0.1) is 5.92 Å². The lowest BCUT2D eigenvalue weighted by atomic mass is 9.77. The highest BCUT2D eigenvalue weighted by Gasteiger charge is 2.38. The number of nitrogens with zero attached hydrogens (tertiary/aromatic N) is 1. The molecule has 1 heterocycles. The summed E-state index contributed by atoms with van der Waals surface area (Å²) in [6, 6.07) is 0.302. The first-order valence-corrected chi connectivity index (χ1v) is 7.86. The number of carboxylic acids is 1. The van der Waals surface area contributed by atoms with E-state index in [1.165, 1.54) is 19.3 Å². The number of hydrogen-bond donors (Lipinski definition) is 1. The van der Waals surface area contributed by atoms with Crippen molar-refractivity contribution in [1.82, 2.24) is 4.90 Å². The molecule has 0 spiro atoms. The monoisotopic (exact) mass is 267 g/mol. The smallest absolute Gasteiger partial charge is 0.308 e. The Morgan fingerprint density at radius 2 is 1.79 bits per heavy atom. The van der Waals surface area contributed by atoms with E-state index in [1.807, 2.05) is 0 Å². The van der Waals surface area contributed by atoms with Gasteiger partial charge in [0.2, 0.25) is 0 Å². The molecule has 2 aliphatic rings. The highest BCUT2D eigenvalue weighted by molar-refractivity contribution is 5.71. The maximum atomic E-state index is 11.3. The van der Waals surface area contributed by atoms with Crippen molar-refractivity contribution in [1.29, 1.82) is 0 Å². The van der Waals surface area contributed by atoms with E-state index in [1.54, 1.807) is 0 Å². The summed E-state index contributed by atoms with van der Waals surface area (Å²) in [5.74, 6) is 0.0764. The van der Waals surface area contributed by atoms with E-state index in [9.17, 15) is 9.90 Å². The SMILES string of the molecule is CC(C)(C)C1CCCN(C2CCCC2C(=O)O)CC1. The number of carbonyl (C=O) groups is 1. The predicted octanol–water partition coefficient (Wildman–Crippen LogP) is 3.39. The summed E-state index contributed by atoms with van der Waals surface area (Å²) in [6.45, 7) is 9.20. The van der Waals surface area contributed by atoms with Gasteiger partial charge in [0.15, 0.2) is 0 Å². The first-order chi connectivity index (χ1) is 8.89. The van der Waals surface area contributed by atoms with E-state index in [-0.39, 0.29) is 5.92 Å². The fraction of sp³-hybridized carbons (Fsp3) is 0.938. The zero-order chi connectivity index (χ0) is 14.0. The van der Waals surface area contributed by atoms with Crippen LogP contribution in [0.4, 0.5) is 0 Å². The lowest BCUT2D eigenvalue weighted by Gasteiger charge is -2.32. The van der Waals surface area contributed by atoms with Crippen molar-refractivity contribution in [3.63, 3.8) is 0 Å². The first kappa shape index (κ1) is 14.8. The summed E-state index contributed by atoms with van der Waals surface area (Å²) in [5, 5.41) is 9.34. The van der Waals surface area contributed by atoms with Crippen LogP contribution in [0.25, 0.3) is 0 Å². The van der Waals surface area contributed by atoms with Crippen LogP contribution in [0, 0.1) is 17.3 Å². The van der Waals surface area contributed by atoms with Gasteiger partial charge in [-0.3, -0.25) is 9.69 Å². The largest absolute Gasteiger partial charge is 0.481 e. The van der Waals surface area contributed by atoms with Gasteiger partial charge >= 0.3 is 5.97 Å². The summed E-state index contributed by atoms with van der Waals surface area (Å²) in [6.07, 6.45) is 6.79. The van der Waals surface area contributed by atoms with Crippen molar-refractivity contribution >= 4 is 5.97 Å². The Hall–Kier alpha value is -0.570. The Kier molecular flexibility index (Phi) is 4.54. The lowest BCUT2D eigenvalue weighted by Crippen LogP contribution is -2.41. The van der Waals surface area contributed by atoms with Gasteiger partial charge in [0.1, 0.15) is 0 Å². The zero-order valence-electron chi connectivity index (χ0n) is 12.7. The quantitative estimate of drug-likeness (QED) is 0.833. The molecule has 0 aromatic rings. The van der Waals surface area contributed by atoms with Crippen molar-refractivity contribution < 1.29 is 9.90 Å². The van der Waals surface area contributed by atoms with Gasteiger partial charge in [-0.05, 0) is 56.5 Å². The Labute approximate surface area is 117 Å². The summed E-state index contributed by atoms with van der Waals surface area (Å²) < 4.78 is 0. The standard InChI is InChI=1S/C16H29NO2/c1-16(2,3)12-6-5-10-17(11-9-12)14-8-4-7-13(14)15(18)19/h12-14H,4-11H2,1-3H3,(H,18,19). The molecule has 19 heavy (non-hydrogen) atoms. The fourth-order valence-corrected chi connectivity index (χ4v) is 3.98. The van der Waals surface area contributed by atoms with E-state index in [2.05, 4.69) is 25.7 Å². The van der Waals surface area contributed by atoms with Gasteiger partial charge < -0.3 is 5.11 Å². The lowest BCUT2D eigenvalue weighted by molar-refractivity contribution is -0.143. The average Bonchev–Trinajstić information content (AvgIpc) is 2.65. The zero-order valence-corrected chi connectivity index (χ0v) is 12.7. The van der Waals surface area contributed by atoms with Crippen LogP contribution < -0.4 is 0 Å². The van der Waals surface area contributed by atoms with Crippen molar-refractivity contribution in [2.24, 2.45) is 17.3 Å². The van der Waals surface area contributed by atoms with Crippen LogP contribution in [-0.2, 0) is 4.79 Å². The summed E-state index contributed by atoms with van der Waals surface area (Å²) in [7, 11) is 0. The van der Waals surface area contributed by atoms with Crippen molar-refractivity contribution in [2.75, 3.05) is 13.1 Å². The minimum atomic E-state index is -0.584.